The summed E-state index contributed by atoms with van der Waals surface area (Å²) in [6.45, 7) is 0.320. The van der Waals surface area contributed by atoms with Crippen molar-refractivity contribution in [1.82, 2.24) is 5.32 Å². The lowest BCUT2D eigenvalue weighted by molar-refractivity contribution is -0.137. The molecule has 0 radical (unpaired) electrons. The number of nitriles is 1. The molecule has 140 valence electrons. The third kappa shape index (κ3) is 7.78. The normalized spacial score (nSPS) is 11.5. The molecule has 0 heterocycles. The average molecular weight is 381 g/mol. The topological polar surface area (TPSA) is 157 Å². The quantitative estimate of drug-likeness (QED) is 0.206. The van der Waals surface area contributed by atoms with Gasteiger partial charge >= 0.3 is 5.97 Å². The van der Waals surface area contributed by atoms with Gasteiger partial charge < -0.3 is 15.7 Å². The summed E-state index contributed by atoms with van der Waals surface area (Å²) in [5.74, 6) is -1.44. The van der Waals surface area contributed by atoms with Crippen LogP contribution < -0.4 is 10.6 Å². The molecule has 0 aromatic heterocycles. The van der Waals surface area contributed by atoms with E-state index in [0.29, 0.717) is 31.5 Å². The molecule has 1 aromatic carbocycles. The molecule has 1 aromatic rings. The molecule has 0 unspecified atom stereocenters. The fraction of sp³-hybridized carbons (Fsp3) is 0.312. The zero-order valence-corrected chi connectivity index (χ0v) is 14.6. The first-order chi connectivity index (χ1) is 12.2. The van der Waals surface area contributed by atoms with Gasteiger partial charge in [0.2, 0.25) is 0 Å². The van der Waals surface area contributed by atoms with Crippen molar-refractivity contribution in [3.05, 3.63) is 36.0 Å². The van der Waals surface area contributed by atoms with Crippen molar-refractivity contribution in [2.45, 2.75) is 30.6 Å². The minimum atomic E-state index is -4.28. The minimum absolute atomic E-state index is 0.0809. The van der Waals surface area contributed by atoms with Gasteiger partial charge in [0.1, 0.15) is 11.6 Å². The first-order valence-corrected chi connectivity index (χ1v) is 9.12. The van der Waals surface area contributed by atoms with Gasteiger partial charge in [-0.25, -0.2) is 0 Å². The van der Waals surface area contributed by atoms with Crippen molar-refractivity contribution in [2.75, 3.05) is 11.9 Å². The van der Waals surface area contributed by atoms with Gasteiger partial charge in [-0.05, 0) is 37.1 Å². The molecule has 9 nitrogen and oxygen atoms in total. The SMILES string of the molecule is N#C/C(=C/Nc1ccc(S(=O)(=O)O)cc1)C(=O)NCCCCCC(=O)O. The van der Waals surface area contributed by atoms with Gasteiger partial charge in [-0.15, -0.1) is 0 Å². The maximum Gasteiger partial charge on any atom is 0.303 e. The second kappa shape index (κ2) is 10.2. The molecule has 1 rings (SSSR count). The van der Waals surface area contributed by atoms with Crippen molar-refractivity contribution in [2.24, 2.45) is 0 Å². The predicted molar refractivity (Wildman–Crippen MR) is 92.7 cm³/mol. The van der Waals surface area contributed by atoms with Crippen LogP contribution in [0, 0.1) is 11.3 Å². The molecule has 0 saturated heterocycles. The van der Waals surface area contributed by atoms with Crippen molar-refractivity contribution in [3.63, 3.8) is 0 Å². The zero-order chi connectivity index (χ0) is 19.6. The third-order valence-electron chi connectivity index (χ3n) is 3.25. The van der Waals surface area contributed by atoms with Gasteiger partial charge in [-0.2, -0.15) is 13.7 Å². The summed E-state index contributed by atoms with van der Waals surface area (Å²) < 4.78 is 30.8. The van der Waals surface area contributed by atoms with E-state index in [9.17, 15) is 18.0 Å². The van der Waals surface area contributed by atoms with E-state index in [4.69, 9.17) is 14.9 Å². The number of aliphatic carboxylic acids is 1. The number of carbonyl (C=O) groups excluding carboxylic acids is 1. The number of hydrogen-bond donors (Lipinski definition) is 4. The Labute approximate surface area is 151 Å². The molecule has 26 heavy (non-hydrogen) atoms. The summed E-state index contributed by atoms with van der Waals surface area (Å²) in [6, 6.07) is 6.84. The Kier molecular flexibility index (Phi) is 8.27. The Morgan fingerprint density at radius 3 is 2.35 bits per heavy atom. The number of benzene rings is 1. The number of amides is 1. The first-order valence-electron chi connectivity index (χ1n) is 7.68. The Hall–Kier alpha value is -2.90. The van der Waals surface area contributed by atoms with Gasteiger partial charge in [0.15, 0.2) is 0 Å². The number of carbonyl (C=O) groups is 2. The van der Waals surface area contributed by atoms with Crippen molar-refractivity contribution < 1.29 is 27.7 Å². The van der Waals surface area contributed by atoms with Gasteiger partial charge in [0.05, 0.1) is 4.90 Å². The summed E-state index contributed by atoms with van der Waals surface area (Å²) in [6.07, 6.45) is 3.03. The Morgan fingerprint density at radius 1 is 1.15 bits per heavy atom. The van der Waals surface area contributed by atoms with E-state index in [1.165, 1.54) is 30.5 Å². The molecule has 0 saturated carbocycles. The predicted octanol–water partition coefficient (Wildman–Crippen LogP) is 1.51. The van der Waals surface area contributed by atoms with Crippen LogP contribution in [0.4, 0.5) is 5.69 Å². The highest BCUT2D eigenvalue weighted by Gasteiger charge is 2.10. The van der Waals surface area contributed by atoms with Crippen LogP contribution in [0.15, 0.2) is 40.9 Å². The number of unbranched alkanes of at least 4 members (excludes halogenated alkanes) is 2. The van der Waals surface area contributed by atoms with E-state index < -0.39 is 22.0 Å². The fourth-order valence-electron chi connectivity index (χ4n) is 1.90. The molecule has 0 aliphatic carbocycles. The van der Waals surface area contributed by atoms with Crippen LogP contribution in [0.5, 0.6) is 0 Å². The van der Waals surface area contributed by atoms with Crippen LogP contribution in [0.25, 0.3) is 0 Å². The van der Waals surface area contributed by atoms with Gasteiger partial charge in [-0.1, -0.05) is 6.42 Å². The molecule has 4 N–H and O–H groups in total. The molecule has 0 atom stereocenters. The number of nitrogens with one attached hydrogen (secondary N) is 2. The highest BCUT2D eigenvalue weighted by atomic mass is 32.2. The molecule has 1 amide bonds. The lowest BCUT2D eigenvalue weighted by Gasteiger charge is -2.05. The summed E-state index contributed by atoms with van der Waals surface area (Å²) in [5.41, 5.74) is 0.251. The molecule has 0 bridgehead atoms. The Bertz CT molecular complexity index is 809. The number of hydrogen-bond acceptors (Lipinski definition) is 6. The van der Waals surface area contributed by atoms with Crippen LogP contribution in [-0.2, 0) is 19.7 Å². The van der Waals surface area contributed by atoms with E-state index in [2.05, 4.69) is 10.6 Å². The smallest absolute Gasteiger partial charge is 0.303 e. The van der Waals surface area contributed by atoms with E-state index in [1.807, 2.05) is 0 Å². The Balaban J connectivity index is 2.50. The molecule has 10 heteroatoms. The molecule has 0 aliphatic rings. The van der Waals surface area contributed by atoms with Crippen molar-refractivity contribution in [1.29, 1.82) is 5.26 Å². The molecule has 0 fully saturated rings. The van der Waals surface area contributed by atoms with E-state index in [1.54, 1.807) is 6.07 Å². The number of anilines is 1. The molecule has 0 aliphatic heterocycles. The standard InChI is InChI=1S/C16H19N3O6S/c17-10-12(16(22)18-9-3-1-2-4-15(20)21)11-19-13-5-7-14(8-6-13)26(23,24)25/h5-8,11,19H,1-4,9H2,(H,18,22)(H,20,21)(H,23,24,25)/b12-11-. The summed E-state index contributed by atoms with van der Waals surface area (Å²) in [4.78, 5) is 22.0. The van der Waals surface area contributed by atoms with Gasteiger partial charge in [0.25, 0.3) is 16.0 Å². The highest BCUT2D eigenvalue weighted by Crippen LogP contribution is 2.14. The largest absolute Gasteiger partial charge is 0.481 e. The monoisotopic (exact) mass is 381 g/mol. The number of carboxylic acids is 1. The number of carboxylic acid groups (broad SMARTS) is 1. The van der Waals surface area contributed by atoms with Crippen LogP contribution in [-0.4, -0.2) is 36.5 Å². The first kappa shape index (κ1) is 21.1. The lowest BCUT2D eigenvalue weighted by Crippen LogP contribution is -2.26. The van der Waals surface area contributed by atoms with Crippen molar-refractivity contribution in [3.8, 4) is 6.07 Å². The van der Waals surface area contributed by atoms with Crippen LogP contribution >= 0.6 is 0 Å². The third-order valence-corrected chi connectivity index (χ3v) is 4.12. The highest BCUT2D eigenvalue weighted by molar-refractivity contribution is 7.85. The molecular formula is C16H19N3O6S. The van der Waals surface area contributed by atoms with Gasteiger partial charge in [-0.3, -0.25) is 14.1 Å². The van der Waals surface area contributed by atoms with Gasteiger partial charge in [0, 0.05) is 24.9 Å². The molecule has 0 spiro atoms. The van der Waals surface area contributed by atoms with E-state index >= 15 is 0 Å². The fourth-order valence-corrected chi connectivity index (χ4v) is 2.38. The van der Waals surface area contributed by atoms with Crippen LogP contribution in [0.1, 0.15) is 25.7 Å². The second-order valence-electron chi connectivity index (χ2n) is 5.27. The zero-order valence-electron chi connectivity index (χ0n) is 13.8. The van der Waals surface area contributed by atoms with Crippen LogP contribution in [0.2, 0.25) is 0 Å². The minimum Gasteiger partial charge on any atom is -0.481 e. The summed E-state index contributed by atoms with van der Waals surface area (Å²) >= 11 is 0. The van der Waals surface area contributed by atoms with Crippen molar-refractivity contribution >= 4 is 27.7 Å². The van der Waals surface area contributed by atoms with Crippen LogP contribution in [0.3, 0.4) is 0 Å². The summed E-state index contributed by atoms with van der Waals surface area (Å²) in [7, 11) is -4.28. The number of nitrogens with zero attached hydrogens (tertiary/aromatic N) is 1. The maximum atomic E-state index is 11.9. The lowest BCUT2D eigenvalue weighted by atomic mass is 10.2. The molecular weight excluding hydrogens is 362 g/mol. The van der Waals surface area contributed by atoms with E-state index in [0.717, 1.165) is 0 Å². The second-order valence-corrected chi connectivity index (χ2v) is 6.70. The van der Waals surface area contributed by atoms with E-state index in [-0.39, 0.29) is 16.9 Å². The Morgan fingerprint density at radius 2 is 1.81 bits per heavy atom. The summed E-state index contributed by atoms with van der Waals surface area (Å²) in [5, 5.41) is 22.8. The number of rotatable bonds is 10. The average Bonchev–Trinajstić information content (AvgIpc) is 2.58. The maximum absolute atomic E-state index is 11.9.